The predicted molar refractivity (Wildman–Crippen MR) is 140 cm³/mol. The normalized spacial score (nSPS) is 18.8. The highest BCUT2D eigenvalue weighted by molar-refractivity contribution is 7.92. The molecule has 0 saturated carbocycles. The van der Waals surface area contributed by atoms with Crippen molar-refractivity contribution in [3.05, 3.63) is 72.1 Å². The van der Waals surface area contributed by atoms with Gasteiger partial charge in [-0.2, -0.15) is 4.31 Å². The van der Waals surface area contributed by atoms with Gasteiger partial charge in [0.2, 0.25) is 16.0 Å². The van der Waals surface area contributed by atoms with Crippen molar-refractivity contribution in [2.45, 2.75) is 37.0 Å². The van der Waals surface area contributed by atoms with Crippen LogP contribution in [0.3, 0.4) is 0 Å². The first kappa shape index (κ1) is 26.7. The molecule has 10 nitrogen and oxygen atoms in total. The maximum atomic E-state index is 13.1. The quantitative estimate of drug-likeness (QED) is 0.465. The minimum atomic E-state index is -3.91. The first-order valence-corrected chi connectivity index (χ1v) is 14.7. The molecule has 2 aromatic carbocycles. The van der Waals surface area contributed by atoms with E-state index in [2.05, 4.69) is 20.0 Å². The van der Waals surface area contributed by atoms with E-state index in [0.717, 1.165) is 6.42 Å². The molecular weight excluding hydrogens is 514 g/mol. The number of aryl methyl sites for hydroxylation is 1. The van der Waals surface area contributed by atoms with E-state index < -0.39 is 26.0 Å². The zero-order valence-corrected chi connectivity index (χ0v) is 22.4. The van der Waals surface area contributed by atoms with Crippen molar-refractivity contribution < 1.29 is 21.6 Å². The van der Waals surface area contributed by atoms with Crippen molar-refractivity contribution >= 4 is 37.6 Å². The van der Waals surface area contributed by atoms with Crippen LogP contribution in [0.1, 0.15) is 36.3 Å². The summed E-state index contributed by atoms with van der Waals surface area (Å²) in [5, 5.41) is 2.69. The largest absolute Gasteiger partial charge is 0.322 e. The summed E-state index contributed by atoms with van der Waals surface area (Å²) in [6.45, 7) is 6.77. The van der Waals surface area contributed by atoms with E-state index in [4.69, 9.17) is 0 Å². The number of hydrogen-bond donors (Lipinski definition) is 2. The lowest BCUT2D eigenvalue weighted by Gasteiger charge is -2.34. The molecule has 196 valence electrons. The van der Waals surface area contributed by atoms with Crippen molar-refractivity contribution in [3.8, 4) is 0 Å². The Kier molecular flexibility index (Phi) is 7.62. The molecule has 37 heavy (non-hydrogen) atoms. The number of nitrogens with one attached hydrogen (secondary N) is 2. The van der Waals surface area contributed by atoms with Crippen LogP contribution < -0.4 is 10.0 Å². The predicted octanol–water partition coefficient (Wildman–Crippen LogP) is 3.50. The Labute approximate surface area is 217 Å². The van der Waals surface area contributed by atoms with E-state index in [-0.39, 0.29) is 33.1 Å². The average Bonchev–Trinajstić information content (AvgIpc) is 2.83. The molecule has 0 spiro atoms. The first-order valence-electron chi connectivity index (χ1n) is 11.8. The summed E-state index contributed by atoms with van der Waals surface area (Å²) >= 11 is 0. The Hall–Kier alpha value is -3.35. The van der Waals surface area contributed by atoms with E-state index in [1.54, 1.807) is 13.0 Å². The van der Waals surface area contributed by atoms with E-state index in [0.29, 0.717) is 24.5 Å². The maximum Gasteiger partial charge on any atom is 0.264 e. The zero-order chi connectivity index (χ0) is 26.8. The molecule has 0 radical (unpaired) electrons. The van der Waals surface area contributed by atoms with Gasteiger partial charge in [0.1, 0.15) is 0 Å². The summed E-state index contributed by atoms with van der Waals surface area (Å²) in [4.78, 5) is 20.7. The third kappa shape index (κ3) is 6.32. The molecule has 0 bridgehead atoms. The van der Waals surface area contributed by atoms with Crippen LogP contribution in [-0.4, -0.2) is 50.1 Å². The monoisotopic (exact) mass is 543 g/mol. The number of aromatic nitrogens is 2. The number of hydrogen-bond acceptors (Lipinski definition) is 7. The molecule has 1 aliphatic heterocycles. The molecule has 1 aliphatic rings. The van der Waals surface area contributed by atoms with Crippen LogP contribution in [0.15, 0.2) is 70.6 Å². The number of sulfonamides is 2. The minimum absolute atomic E-state index is 0.0217. The molecule has 0 aliphatic carbocycles. The van der Waals surface area contributed by atoms with Crippen molar-refractivity contribution in [3.63, 3.8) is 0 Å². The fraction of sp³-hybridized carbons (Fsp3) is 0.320. The summed E-state index contributed by atoms with van der Waals surface area (Å²) < 4.78 is 55.1. The van der Waals surface area contributed by atoms with Crippen molar-refractivity contribution in [2.75, 3.05) is 23.1 Å². The van der Waals surface area contributed by atoms with Crippen molar-refractivity contribution in [1.82, 2.24) is 14.3 Å². The molecule has 2 heterocycles. The fourth-order valence-corrected chi connectivity index (χ4v) is 6.96. The number of amides is 1. The lowest BCUT2D eigenvalue weighted by atomic mass is 9.94. The zero-order valence-electron chi connectivity index (χ0n) is 20.7. The SMILES string of the molecule is Cc1ccnc(NS(=O)(=O)c2ccc(NC(=O)c3ccc(S(=O)(=O)N4C[C@H](C)C[C@@H](C)C4)cc3)cc2)n1. The lowest BCUT2D eigenvalue weighted by Crippen LogP contribution is -2.42. The van der Waals surface area contributed by atoms with Gasteiger partial charge in [-0.05, 0) is 79.8 Å². The van der Waals surface area contributed by atoms with Gasteiger partial charge in [0.15, 0.2) is 0 Å². The highest BCUT2D eigenvalue weighted by Gasteiger charge is 2.31. The number of benzene rings is 2. The van der Waals surface area contributed by atoms with E-state index in [9.17, 15) is 21.6 Å². The van der Waals surface area contributed by atoms with Gasteiger partial charge in [0, 0.05) is 36.2 Å². The highest BCUT2D eigenvalue weighted by Crippen LogP contribution is 2.27. The van der Waals surface area contributed by atoms with Crippen LogP contribution in [-0.2, 0) is 20.0 Å². The van der Waals surface area contributed by atoms with Gasteiger partial charge in [0.05, 0.1) is 9.79 Å². The van der Waals surface area contributed by atoms with Gasteiger partial charge in [-0.1, -0.05) is 13.8 Å². The van der Waals surface area contributed by atoms with Crippen LogP contribution in [0, 0.1) is 18.8 Å². The molecule has 4 rings (SSSR count). The summed E-state index contributed by atoms with van der Waals surface area (Å²) in [6, 6.07) is 13.1. The number of anilines is 2. The van der Waals surface area contributed by atoms with Gasteiger partial charge < -0.3 is 5.32 Å². The number of piperidine rings is 1. The third-order valence-corrected chi connectivity index (χ3v) is 9.22. The van der Waals surface area contributed by atoms with Gasteiger partial charge in [-0.3, -0.25) is 4.79 Å². The molecule has 12 heteroatoms. The summed E-state index contributed by atoms with van der Waals surface area (Å²) in [6.07, 6.45) is 2.45. The maximum absolute atomic E-state index is 13.1. The molecule has 1 aromatic heterocycles. The Morgan fingerprint density at radius 3 is 2.08 bits per heavy atom. The molecule has 3 aromatic rings. The van der Waals surface area contributed by atoms with Crippen LogP contribution >= 0.6 is 0 Å². The van der Waals surface area contributed by atoms with E-state index in [1.807, 2.05) is 13.8 Å². The lowest BCUT2D eigenvalue weighted by molar-refractivity contribution is 0.102. The second-order valence-electron chi connectivity index (χ2n) is 9.40. The van der Waals surface area contributed by atoms with Crippen molar-refractivity contribution in [2.24, 2.45) is 11.8 Å². The van der Waals surface area contributed by atoms with Gasteiger partial charge in [0.25, 0.3) is 15.9 Å². The number of carbonyl (C=O) groups excluding carboxylic acids is 1. The molecule has 1 fully saturated rings. The van der Waals surface area contributed by atoms with Crippen LogP contribution in [0.4, 0.5) is 11.6 Å². The molecular formula is C25H29N5O5S2. The Morgan fingerprint density at radius 1 is 0.892 bits per heavy atom. The Balaban J connectivity index is 1.42. The number of nitrogens with zero attached hydrogens (tertiary/aromatic N) is 3. The van der Waals surface area contributed by atoms with Crippen molar-refractivity contribution in [1.29, 1.82) is 0 Å². The molecule has 1 amide bonds. The summed E-state index contributed by atoms with van der Waals surface area (Å²) in [5.41, 5.74) is 1.27. The molecule has 2 atom stereocenters. The van der Waals surface area contributed by atoms with E-state index in [1.165, 1.54) is 59.0 Å². The van der Waals surface area contributed by atoms with Crippen LogP contribution in [0.25, 0.3) is 0 Å². The third-order valence-electron chi connectivity index (χ3n) is 6.03. The number of rotatable bonds is 7. The molecule has 0 unspecified atom stereocenters. The standard InChI is InChI=1S/C25H29N5O5S2/c1-17-14-18(2)16-30(15-17)37(34,35)23-8-4-20(5-9-23)24(31)28-21-6-10-22(11-7-21)36(32,33)29-25-26-13-12-19(3)27-25/h4-13,17-18H,14-16H2,1-3H3,(H,28,31)(H,26,27,29)/t17-,18-/m1/s1. The Bertz CT molecular complexity index is 1480. The fourth-order valence-electron chi connectivity index (χ4n) is 4.33. The second kappa shape index (κ2) is 10.6. The van der Waals surface area contributed by atoms with Gasteiger partial charge in [-0.25, -0.2) is 31.5 Å². The van der Waals surface area contributed by atoms with Crippen LogP contribution in [0.5, 0.6) is 0 Å². The topological polar surface area (TPSA) is 138 Å². The van der Waals surface area contributed by atoms with Gasteiger partial charge >= 0.3 is 0 Å². The first-order chi connectivity index (χ1) is 17.4. The van der Waals surface area contributed by atoms with Crippen LogP contribution in [0.2, 0.25) is 0 Å². The smallest absolute Gasteiger partial charge is 0.264 e. The summed E-state index contributed by atoms with van der Waals surface area (Å²) in [5.74, 6) is 0.0893. The summed E-state index contributed by atoms with van der Waals surface area (Å²) in [7, 11) is -7.55. The number of carbonyl (C=O) groups is 1. The second-order valence-corrected chi connectivity index (χ2v) is 13.0. The Morgan fingerprint density at radius 2 is 1.49 bits per heavy atom. The molecule has 1 saturated heterocycles. The van der Waals surface area contributed by atoms with E-state index >= 15 is 0 Å². The minimum Gasteiger partial charge on any atom is -0.322 e. The molecule has 2 N–H and O–H groups in total. The average molecular weight is 544 g/mol. The van der Waals surface area contributed by atoms with Gasteiger partial charge in [-0.15, -0.1) is 0 Å². The highest BCUT2D eigenvalue weighted by atomic mass is 32.2.